The fourth-order valence-corrected chi connectivity index (χ4v) is 2.56. The van der Waals surface area contributed by atoms with Crippen LogP contribution in [0.5, 0.6) is 0 Å². The Kier molecular flexibility index (Phi) is 5.01. The molecule has 2 heterocycles. The Bertz CT molecular complexity index is 547. The van der Waals surface area contributed by atoms with Crippen LogP contribution in [0, 0.1) is 23.2 Å². The average molecular weight is 306 g/mol. The van der Waals surface area contributed by atoms with Gasteiger partial charge in [0.05, 0.1) is 19.9 Å². The number of oxime groups is 1. The van der Waals surface area contributed by atoms with E-state index in [1.165, 1.54) is 0 Å². The first kappa shape index (κ1) is 16.3. The van der Waals surface area contributed by atoms with Gasteiger partial charge in [0.25, 0.3) is 0 Å². The zero-order valence-corrected chi connectivity index (χ0v) is 13.6. The molecule has 0 fully saturated rings. The minimum atomic E-state index is -0.515. The van der Waals surface area contributed by atoms with Gasteiger partial charge in [0.1, 0.15) is 18.2 Å². The van der Waals surface area contributed by atoms with Gasteiger partial charge in [-0.3, -0.25) is 0 Å². The van der Waals surface area contributed by atoms with Crippen molar-refractivity contribution in [2.24, 2.45) is 27.0 Å². The number of hydrogen-bond acceptors (Lipinski definition) is 7. The van der Waals surface area contributed by atoms with Gasteiger partial charge >= 0.3 is 0 Å². The fraction of sp³-hybridized carbons (Fsp3) is 0.733. The second-order valence-electron chi connectivity index (χ2n) is 5.78. The van der Waals surface area contributed by atoms with Crippen molar-refractivity contribution in [3.8, 4) is 6.07 Å². The largest absolute Gasteiger partial charge is 0.483 e. The molecule has 0 radical (unpaired) electrons. The Hall–Kier alpha value is -2.10. The van der Waals surface area contributed by atoms with Crippen LogP contribution < -0.4 is 0 Å². The Balaban J connectivity index is 2.24. The fourth-order valence-electron chi connectivity index (χ4n) is 2.56. The van der Waals surface area contributed by atoms with Crippen molar-refractivity contribution >= 4 is 17.5 Å². The highest BCUT2D eigenvalue weighted by Gasteiger charge is 2.37. The van der Waals surface area contributed by atoms with Gasteiger partial charge in [-0.15, -0.1) is 0 Å². The zero-order chi connectivity index (χ0) is 16.3. The lowest BCUT2D eigenvalue weighted by molar-refractivity contribution is 0.125. The highest BCUT2D eigenvalue weighted by atomic mass is 16.6. The molecule has 0 N–H and O–H groups in total. The van der Waals surface area contributed by atoms with Gasteiger partial charge in [-0.25, -0.2) is 9.98 Å². The second-order valence-corrected chi connectivity index (χ2v) is 5.78. The molecule has 0 saturated carbocycles. The molecule has 7 nitrogen and oxygen atoms in total. The molecule has 2 aliphatic rings. The molecule has 0 amide bonds. The summed E-state index contributed by atoms with van der Waals surface area (Å²) in [6, 6.07) is 1.61. The molecule has 0 aromatic rings. The Morgan fingerprint density at radius 2 is 1.73 bits per heavy atom. The third-order valence-electron chi connectivity index (χ3n) is 3.92. The maximum atomic E-state index is 8.91. The van der Waals surface area contributed by atoms with Crippen LogP contribution in [-0.2, 0) is 14.3 Å². The van der Waals surface area contributed by atoms with Crippen LogP contribution in [0.4, 0.5) is 0 Å². The topological polar surface area (TPSA) is 88.6 Å². The molecule has 0 spiro atoms. The maximum absolute atomic E-state index is 8.91. The molecule has 7 heteroatoms. The van der Waals surface area contributed by atoms with Gasteiger partial charge in [0, 0.05) is 12.3 Å². The van der Waals surface area contributed by atoms with Gasteiger partial charge < -0.3 is 14.3 Å². The number of methoxy groups -OCH3 is 2. The second kappa shape index (κ2) is 6.77. The molecule has 0 bridgehead atoms. The van der Waals surface area contributed by atoms with Crippen molar-refractivity contribution in [2.75, 3.05) is 14.2 Å². The third kappa shape index (κ3) is 3.06. The molecule has 2 rings (SSSR count). The Morgan fingerprint density at radius 3 is 2.23 bits per heavy atom. The van der Waals surface area contributed by atoms with E-state index in [2.05, 4.69) is 35.1 Å². The van der Waals surface area contributed by atoms with Gasteiger partial charge in [-0.2, -0.15) is 5.26 Å². The van der Waals surface area contributed by atoms with E-state index in [0.29, 0.717) is 18.2 Å². The summed E-state index contributed by atoms with van der Waals surface area (Å²) in [5, 5.41) is 12.9. The highest BCUT2D eigenvalue weighted by Crippen LogP contribution is 2.25. The molecule has 1 unspecified atom stereocenters. The zero-order valence-electron chi connectivity index (χ0n) is 13.6. The van der Waals surface area contributed by atoms with E-state index in [0.717, 1.165) is 5.71 Å². The number of rotatable bonds is 3. The highest BCUT2D eigenvalue weighted by molar-refractivity contribution is 5.99. The lowest BCUT2D eigenvalue weighted by Gasteiger charge is -2.29. The van der Waals surface area contributed by atoms with Crippen LogP contribution >= 0.6 is 0 Å². The van der Waals surface area contributed by atoms with Gasteiger partial charge in [0.2, 0.25) is 17.9 Å². The summed E-state index contributed by atoms with van der Waals surface area (Å²) in [5.74, 6) is 1.35. The van der Waals surface area contributed by atoms with Crippen molar-refractivity contribution < 1.29 is 14.3 Å². The summed E-state index contributed by atoms with van der Waals surface area (Å²) in [6.45, 7) is 6.10. The van der Waals surface area contributed by atoms with E-state index < -0.39 is 6.10 Å². The molecule has 0 aliphatic carbocycles. The third-order valence-corrected chi connectivity index (χ3v) is 3.92. The molecule has 0 aromatic heterocycles. The molecule has 4 atom stereocenters. The minimum Gasteiger partial charge on any atom is -0.483 e. The number of nitriles is 1. The van der Waals surface area contributed by atoms with Crippen LogP contribution in [0.25, 0.3) is 0 Å². The summed E-state index contributed by atoms with van der Waals surface area (Å²) >= 11 is 0. The molecule has 22 heavy (non-hydrogen) atoms. The molecule has 2 aliphatic heterocycles. The van der Waals surface area contributed by atoms with Crippen LogP contribution in [-0.4, -0.2) is 49.9 Å². The van der Waals surface area contributed by atoms with Crippen molar-refractivity contribution in [2.45, 2.75) is 45.4 Å². The maximum Gasteiger partial charge on any atom is 0.217 e. The Labute approximate surface area is 130 Å². The minimum absolute atomic E-state index is 0.0738. The Morgan fingerprint density at radius 1 is 1.14 bits per heavy atom. The SMILES string of the molecule is COC1=N[C@H]([C@H](C)C2=NOC(C#N)C2)C(OC)=N[C@H]1C(C)C. The van der Waals surface area contributed by atoms with Crippen LogP contribution in [0.15, 0.2) is 15.1 Å². The monoisotopic (exact) mass is 306 g/mol. The number of hydrogen-bond donors (Lipinski definition) is 0. The van der Waals surface area contributed by atoms with Gasteiger partial charge in [-0.1, -0.05) is 25.9 Å². The average Bonchev–Trinajstić information content (AvgIpc) is 3.01. The van der Waals surface area contributed by atoms with Crippen molar-refractivity contribution in [3.63, 3.8) is 0 Å². The molecular weight excluding hydrogens is 284 g/mol. The van der Waals surface area contributed by atoms with Crippen molar-refractivity contribution in [3.05, 3.63) is 0 Å². The molecular formula is C15H22N4O3. The lowest BCUT2D eigenvalue weighted by atomic mass is 9.91. The number of aliphatic imine (C=N–C) groups is 2. The summed E-state index contributed by atoms with van der Waals surface area (Å²) in [4.78, 5) is 14.4. The first-order valence-corrected chi connectivity index (χ1v) is 7.37. The van der Waals surface area contributed by atoms with Crippen molar-refractivity contribution in [1.82, 2.24) is 0 Å². The molecule has 0 aromatic carbocycles. The summed E-state index contributed by atoms with van der Waals surface area (Å²) < 4.78 is 10.8. The normalized spacial score (nSPS) is 29.0. The van der Waals surface area contributed by atoms with Gasteiger partial charge in [-0.05, 0) is 5.92 Å². The molecule has 0 saturated heterocycles. The lowest BCUT2D eigenvalue weighted by Crippen LogP contribution is -2.42. The molecule has 120 valence electrons. The number of nitrogens with zero attached hydrogens (tertiary/aromatic N) is 4. The van der Waals surface area contributed by atoms with E-state index in [9.17, 15) is 0 Å². The van der Waals surface area contributed by atoms with Crippen LogP contribution in [0.1, 0.15) is 27.2 Å². The quantitative estimate of drug-likeness (QED) is 0.795. The van der Waals surface area contributed by atoms with E-state index in [4.69, 9.17) is 19.6 Å². The standard InChI is InChI=1S/C15H22N4O3/c1-8(2)12-14(20-4)18-13(15(17-12)21-5)9(3)11-6-10(7-16)22-19-11/h8-10,12-13H,6H2,1-5H3/t9-,10?,12+,13-/m1/s1. The van der Waals surface area contributed by atoms with E-state index in [-0.39, 0.29) is 23.9 Å². The predicted octanol–water partition coefficient (Wildman–Crippen LogP) is 1.79. The first-order chi connectivity index (χ1) is 10.5. The summed E-state index contributed by atoms with van der Waals surface area (Å²) in [6.07, 6.45) is -0.0328. The smallest absolute Gasteiger partial charge is 0.217 e. The number of ether oxygens (including phenoxy) is 2. The van der Waals surface area contributed by atoms with Gasteiger partial charge in [0.15, 0.2) is 0 Å². The summed E-state index contributed by atoms with van der Waals surface area (Å²) in [7, 11) is 3.19. The van der Waals surface area contributed by atoms with E-state index >= 15 is 0 Å². The van der Waals surface area contributed by atoms with Crippen LogP contribution in [0.3, 0.4) is 0 Å². The summed E-state index contributed by atoms with van der Waals surface area (Å²) in [5.41, 5.74) is 0.795. The van der Waals surface area contributed by atoms with Crippen molar-refractivity contribution in [1.29, 1.82) is 5.26 Å². The van der Waals surface area contributed by atoms with Crippen LogP contribution in [0.2, 0.25) is 0 Å². The van der Waals surface area contributed by atoms with E-state index in [1.54, 1.807) is 14.2 Å². The van der Waals surface area contributed by atoms with E-state index in [1.807, 2.05) is 6.92 Å². The predicted molar refractivity (Wildman–Crippen MR) is 83.0 cm³/mol. The first-order valence-electron chi connectivity index (χ1n) is 7.37.